The van der Waals surface area contributed by atoms with Gasteiger partial charge >= 0.3 is 0 Å². The highest BCUT2D eigenvalue weighted by molar-refractivity contribution is 7.90. The van der Waals surface area contributed by atoms with Crippen LogP contribution in [-0.4, -0.2) is 45.1 Å². The molecule has 19 heavy (non-hydrogen) atoms. The molecular weight excluding hydrogens is 264 g/mol. The average Bonchev–Trinajstić information content (AvgIpc) is 2.67. The molecule has 104 valence electrons. The summed E-state index contributed by atoms with van der Waals surface area (Å²) in [7, 11) is -1.35. The number of nitrogens with zero attached hydrogens (tertiary/aromatic N) is 1. The summed E-state index contributed by atoms with van der Waals surface area (Å²) in [5, 5.41) is 3.20. The molecule has 1 unspecified atom stereocenters. The third-order valence-corrected chi connectivity index (χ3v) is 4.46. The molecule has 1 heterocycles. The van der Waals surface area contributed by atoms with E-state index in [1.165, 1.54) is 6.26 Å². The molecule has 6 heteroatoms. The third-order valence-electron chi connectivity index (χ3n) is 3.33. The van der Waals surface area contributed by atoms with Crippen LogP contribution in [0.5, 0.6) is 0 Å². The normalized spacial score (nSPS) is 20.0. The van der Waals surface area contributed by atoms with E-state index in [4.69, 9.17) is 0 Å². The predicted molar refractivity (Wildman–Crippen MR) is 72.4 cm³/mol. The lowest BCUT2D eigenvalue weighted by Crippen LogP contribution is -2.36. The third kappa shape index (κ3) is 3.33. The van der Waals surface area contributed by atoms with Crippen LogP contribution in [0, 0.1) is 0 Å². The Morgan fingerprint density at radius 1 is 1.32 bits per heavy atom. The number of rotatable bonds is 4. The van der Waals surface area contributed by atoms with Crippen LogP contribution in [0.4, 0.5) is 0 Å². The van der Waals surface area contributed by atoms with E-state index >= 15 is 0 Å². The Bertz CT molecular complexity index is 566. The number of likely N-dealkylation sites (tertiary alicyclic amines) is 1. The van der Waals surface area contributed by atoms with Gasteiger partial charge in [0, 0.05) is 26.4 Å². The van der Waals surface area contributed by atoms with Crippen molar-refractivity contribution in [3.63, 3.8) is 0 Å². The van der Waals surface area contributed by atoms with E-state index in [2.05, 4.69) is 5.32 Å². The number of carbonyl (C=O) groups excluding carboxylic acids is 1. The maximum absolute atomic E-state index is 11.7. The summed E-state index contributed by atoms with van der Waals surface area (Å²) in [6.07, 6.45) is 2.00. The monoisotopic (exact) mass is 282 g/mol. The van der Waals surface area contributed by atoms with Gasteiger partial charge in [0.25, 0.3) is 0 Å². The van der Waals surface area contributed by atoms with Crippen LogP contribution >= 0.6 is 0 Å². The van der Waals surface area contributed by atoms with Gasteiger partial charge in [-0.05, 0) is 24.1 Å². The van der Waals surface area contributed by atoms with E-state index in [1.54, 1.807) is 36.2 Å². The molecular formula is C13H18N2O3S. The Labute approximate surface area is 113 Å². The zero-order chi connectivity index (χ0) is 14.0. The molecule has 2 rings (SSSR count). The van der Waals surface area contributed by atoms with Crippen LogP contribution in [0.25, 0.3) is 0 Å². The molecule has 0 saturated carbocycles. The largest absolute Gasteiger partial charge is 0.344 e. The summed E-state index contributed by atoms with van der Waals surface area (Å²) in [5.74, 6) is 0.118. The molecule has 1 aromatic carbocycles. The fourth-order valence-electron chi connectivity index (χ4n) is 2.11. The van der Waals surface area contributed by atoms with E-state index in [0.717, 1.165) is 18.5 Å². The number of carbonyl (C=O) groups is 1. The summed E-state index contributed by atoms with van der Waals surface area (Å²) in [5.41, 5.74) is 0.967. The topological polar surface area (TPSA) is 66.5 Å². The van der Waals surface area contributed by atoms with Crippen molar-refractivity contribution in [2.75, 3.05) is 19.8 Å². The molecule has 0 aromatic heterocycles. The van der Waals surface area contributed by atoms with E-state index < -0.39 is 9.84 Å². The first-order valence-electron chi connectivity index (χ1n) is 6.15. The maximum atomic E-state index is 11.7. The number of amides is 1. The number of nitrogens with one attached hydrogen (secondary N) is 1. The highest BCUT2D eigenvalue weighted by atomic mass is 32.2. The molecule has 1 atom stereocenters. The van der Waals surface area contributed by atoms with Crippen LogP contribution < -0.4 is 5.32 Å². The lowest BCUT2D eigenvalue weighted by molar-refractivity contribution is -0.128. The van der Waals surface area contributed by atoms with E-state index in [0.29, 0.717) is 11.4 Å². The summed E-state index contributed by atoms with van der Waals surface area (Å²) >= 11 is 0. The summed E-state index contributed by atoms with van der Waals surface area (Å²) in [4.78, 5) is 13.7. The molecule has 0 radical (unpaired) electrons. The van der Waals surface area contributed by atoms with Crippen molar-refractivity contribution in [2.24, 2.45) is 0 Å². The van der Waals surface area contributed by atoms with Crippen molar-refractivity contribution in [1.82, 2.24) is 10.2 Å². The Morgan fingerprint density at radius 2 is 1.95 bits per heavy atom. The first kappa shape index (κ1) is 14.0. The summed E-state index contributed by atoms with van der Waals surface area (Å²) in [6, 6.07) is 6.60. The SMILES string of the molecule is CN1CCC(NCc2ccc(S(C)(=O)=O)cc2)C1=O. The molecule has 1 fully saturated rings. The van der Waals surface area contributed by atoms with Gasteiger partial charge < -0.3 is 10.2 Å². The van der Waals surface area contributed by atoms with Crippen LogP contribution in [0.15, 0.2) is 29.2 Å². The van der Waals surface area contributed by atoms with Crippen molar-refractivity contribution < 1.29 is 13.2 Å². The average molecular weight is 282 g/mol. The van der Waals surface area contributed by atoms with Crippen molar-refractivity contribution in [2.45, 2.75) is 23.9 Å². The maximum Gasteiger partial charge on any atom is 0.239 e. The number of hydrogen-bond donors (Lipinski definition) is 1. The first-order chi connectivity index (χ1) is 8.88. The van der Waals surface area contributed by atoms with Crippen LogP contribution in [0.1, 0.15) is 12.0 Å². The van der Waals surface area contributed by atoms with Crippen molar-refractivity contribution >= 4 is 15.7 Å². The highest BCUT2D eigenvalue weighted by Crippen LogP contribution is 2.12. The lowest BCUT2D eigenvalue weighted by Gasteiger charge is -2.12. The molecule has 1 saturated heterocycles. The van der Waals surface area contributed by atoms with Gasteiger partial charge in [0.2, 0.25) is 5.91 Å². The molecule has 1 aliphatic heterocycles. The number of benzene rings is 1. The molecule has 1 amide bonds. The van der Waals surface area contributed by atoms with Gasteiger partial charge in [-0.15, -0.1) is 0 Å². The van der Waals surface area contributed by atoms with Crippen molar-refractivity contribution in [3.8, 4) is 0 Å². The van der Waals surface area contributed by atoms with E-state index in [-0.39, 0.29) is 11.9 Å². The second-order valence-electron chi connectivity index (χ2n) is 4.90. The van der Waals surface area contributed by atoms with Gasteiger partial charge in [-0.2, -0.15) is 0 Å². The minimum absolute atomic E-state index is 0.118. The van der Waals surface area contributed by atoms with Gasteiger partial charge in [-0.25, -0.2) is 8.42 Å². The Morgan fingerprint density at radius 3 is 2.42 bits per heavy atom. The molecule has 0 aliphatic carbocycles. The fourth-order valence-corrected chi connectivity index (χ4v) is 2.74. The molecule has 1 N–H and O–H groups in total. The van der Waals surface area contributed by atoms with E-state index in [1.807, 2.05) is 0 Å². The molecule has 0 bridgehead atoms. The zero-order valence-electron chi connectivity index (χ0n) is 11.1. The van der Waals surface area contributed by atoms with Crippen molar-refractivity contribution in [1.29, 1.82) is 0 Å². The van der Waals surface area contributed by atoms with Crippen LogP contribution in [0.2, 0.25) is 0 Å². The van der Waals surface area contributed by atoms with Gasteiger partial charge in [-0.3, -0.25) is 4.79 Å². The Hall–Kier alpha value is -1.40. The predicted octanol–water partition coefficient (Wildman–Crippen LogP) is 0.410. The minimum atomic E-state index is -3.15. The van der Waals surface area contributed by atoms with E-state index in [9.17, 15) is 13.2 Å². The van der Waals surface area contributed by atoms with Crippen molar-refractivity contribution in [3.05, 3.63) is 29.8 Å². The first-order valence-corrected chi connectivity index (χ1v) is 8.04. The Kier molecular flexibility index (Phi) is 3.91. The molecule has 1 aromatic rings. The highest BCUT2D eigenvalue weighted by Gasteiger charge is 2.28. The zero-order valence-corrected chi connectivity index (χ0v) is 11.9. The number of hydrogen-bond acceptors (Lipinski definition) is 4. The molecule has 0 spiro atoms. The van der Waals surface area contributed by atoms with Crippen LogP contribution in [-0.2, 0) is 21.2 Å². The fraction of sp³-hybridized carbons (Fsp3) is 0.462. The molecule has 1 aliphatic rings. The van der Waals surface area contributed by atoms with Gasteiger partial charge in [0.15, 0.2) is 9.84 Å². The summed E-state index contributed by atoms with van der Waals surface area (Å²) in [6.45, 7) is 1.35. The molecule has 5 nitrogen and oxygen atoms in total. The minimum Gasteiger partial charge on any atom is -0.344 e. The Balaban J connectivity index is 1.96. The summed E-state index contributed by atoms with van der Waals surface area (Å²) < 4.78 is 22.6. The van der Waals surface area contributed by atoms with Crippen LogP contribution in [0.3, 0.4) is 0 Å². The van der Waals surface area contributed by atoms with Gasteiger partial charge in [0.1, 0.15) is 0 Å². The second-order valence-corrected chi connectivity index (χ2v) is 6.91. The number of sulfone groups is 1. The second kappa shape index (κ2) is 5.30. The number of likely N-dealkylation sites (N-methyl/N-ethyl adjacent to an activating group) is 1. The van der Waals surface area contributed by atoms with Gasteiger partial charge in [0.05, 0.1) is 10.9 Å². The standard InChI is InChI=1S/C13H18N2O3S/c1-15-8-7-12(13(15)16)14-9-10-3-5-11(6-4-10)19(2,17)18/h3-6,12,14H,7-9H2,1-2H3. The lowest BCUT2D eigenvalue weighted by atomic mass is 10.2. The smallest absolute Gasteiger partial charge is 0.239 e. The quantitative estimate of drug-likeness (QED) is 0.868. The van der Waals surface area contributed by atoms with Gasteiger partial charge in [-0.1, -0.05) is 12.1 Å².